The number of nitrogens with zero attached hydrogens (tertiary/aromatic N) is 2. The number of rotatable bonds is 7. The van der Waals surface area contributed by atoms with E-state index in [0.29, 0.717) is 0 Å². The summed E-state index contributed by atoms with van der Waals surface area (Å²) in [5, 5.41) is 0. The molecule has 0 bridgehead atoms. The Balaban J connectivity index is 2.48. The topological polar surface area (TPSA) is 43.8 Å². The van der Waals surface area contributed by atoms with E-state index in [9.17, 15) is 0 Å². The monoisotopic (exact) mass is 223 g/mol. The molecule has 0 aliphatic rings. The normalized spacial score (nSPS) is 15.0. The standard InChI is InChI=1S/C13H25N3/c1-4-6-7-11(5-2)8-12(14)13-9-15-10-16(13)3/h9-12H,4-8,14H2,1-3H3. The predicted molar refractivity (Wildman–Crippen MR) is 68.1 cm³/mol. The van der Waals surface area contributed by atoms with Gasteiger partial charge in [-0.25, -0.2) is 4.98 Å². The minimum absolute atomic E-state index is 0.134. The molecule has 2 unspecified atom stereocenters. The summed E-state index contributed by atoms with van der Waals surface area (Å²) in [7, 11) is 2.01. The molecule has 0 saturated heterocycles. The number of hydrogen-bond acceptors (Lipinski definition) is 2. The maximum absolute atomic E-state index is 6.23. The smallest absolute Gasteiger partial charge is 0.0946 e. The minimum atomic E-state index is 0.134. The van der Waals surface area contributed by atoms with Gasteiger partial charge in [-0.3, -0.25) is 0 Å². The van der Waals surface area contributed by atoms with E-state index >= 15 is 0 Å². The molecule has 0 amide bonds. The fraction of sp³-hybridized carbons (Fsp3) is 0.769. The third kappa shape index (κ3) is 3.63. The van der Waals surface area contributed by atoms with E-state index in [4.69, 9.17) is 5.73 Å². The summed E-state index contributed by atoms with van der Waals surface area (Å²) in [6, 6.07) is 0.134. The highest BCUT2D eigenvalue weighted by Gasteiger charge is 2.15. The van der Waals surface area contributed by atoms with Crippen LogP contribution in [0.5, 0.6) is 0 Å². The van der Waals surface area contributed by atoms with Crippen LogP contribution in [0, 0.1) is 5.92 Å². The Labute approximate surface area is 99.1 Å². The molecule has 16 heavy (non-hydrogen) atoms. The third-order valence-electron chi connectivity index (χ3n) is 3.36. The quantitative estimate of drug-likeness (QED) is 0.772. The fourth-order valence-corrected chi connectivity index (χ4v) is 2.19. The fourth-order valence-electron chi connectivity index (χ4n) is 2.19. The van der Waals surface area contributed by atoms with Crippen molar-refractivity contribution in [1.82, 2.24) is 9.55 Å². The van der Waals surface area contributed by atoms with Gasteiger partial charge in [0.25, 0.3) is 0 Å². The van der Waals surface area contributed by atoms with Crippen molar-refractivity contribution in [3.05, 3.63) is 18.2 Å². The Morgan fingerprint density at radius 1 is 1.44 bits per heavy atom. The number of aryl methyl sites for hydroxylation is 1. The summed E-state index contributed by atoms with van der Waals surface area (Å²) in [5.74, 6) is 0.754. The van der Waals surface area contributed by atoms with Gasteiger partial charge in [0.1, 0.15) is 0 Å². The second-order valence-electron chi connectivity index (χ2n) is 4.69. The molecular weight excluding hydrogens is 198 g/mol. The summed E-state index contributed by atoms with van der Waals surface area (Å²) in [6.45, 7) is 4.50. The molecular formula is C13H25N3. The molecule has 3 nitrogen and oxygen atoms in total. The highest BCUT2D eigenvalue weighted by molar-refractivity contribution is 5.03. The average molecular weight is 223 g/mol. The molecule has 0 radical (unpaired) electrons. The van der Waals surface area contributed by atoms with Crippen LogP contribution in [0.4, 0.5) is 0 Å². The Morgan fingerprint density at radius 3 is 2.69 bits per heavy atom. The zero-order valence-electron chi connectivity index (χ0n) is 10.8. The van der Waals surface area contributed by atoms with Crippen LogP contribution in [0.3, 0.4) is 0 Å². The lowest BCUT2D eigenvalue weighted by atomic mass is 9.91. The molecule has 1 rings (SSSR count). The van der Waals surface area contributed by atoms with E-state index in [2.05, 4.69) is 18.8 Å². The first-order valence-corrected chi connectivity index (χ1v) is 6.40. The summed E-state index contributed by atoms with van der Waals surface area (Å²) in [6.07, 6.45) is 9.91. The van der Waals surface area contributed by atoms with Gasteiger partial charge in [-0.2, -0.15) is 0 Å². The van der Waals surface area contributed by atoms with Crippen LogP contribution in [-0.2, 0) is 7.05 Å². The largest absolute Gasteiger partial charge is 0.336 e. The summed E-state index contributed by atoms with van der Waals surface area (Å²) in [5.41, 5.74) is 7.38. The van der Waals surface area contributed by atoms with Crippen LogP contribution >= 0.6 is 0 Å². The molecule has 3 heteroatoms. The zero-order chi connectivity index (χ0) is 12.0. The number of imidazole rings is 1. The zero-order valence-corrected chi connectivity index (χ0v) is 10.8. The number of unbranched alkanes of at least 4 members (excludes halogenated alkanes) is 1. The van der Waals surface area contributed by atoms with Gasteiger partial charge in [-0.05, 0) is 12.3 Å². The minimum Gasteiger partial charge on any atom is -0.336 e. The predicted octanol–water partition coefficient (Wildman–Crippen LogP) is 3.03. The Morgan fingerprint density at radius 2 is 2.19 bits per heavy atom. The maximum Gasteiger partial charge on any atom is 0.0946 e. The first kappa shape index (κ1) is 13.2. The van der Waals surface area contributed by atoms with Crippen molar-refractivity contribution < 1.29 is 0 Å². The number of hydrogen-bond donors (Lipinski definition) is 1. The Hall–Kier alpha value is -0.830. The molecule has 0 aliphatic carbocycles. The molecule has 0 fully saturated rings. The lowest BCUT2D eigenvalue weighted by Crippen LogP contribution is -2.17. The van der Waals surface area contributed by atoms with Crippen molar-refractivity contribution in [3.8, 4) is 0 Å². The van der Waals surface area contributed by atoms with E-state index in [-0.39, 0.29) is 6.04 Å². The summed E-state index contributed by atoms with van der Waals surface area (Å²) < 4.78 is 2.03. The van der Waals surface area contributed by atoms with E-state index in [1.165, 1.54) is 25.7 Å². The van der Waals surface area contributed by atoms with Crippen LogP contribution in [0.1, 0.15) is 57.7 Å². The Kier molecular flexibility index (Phi) is 5.53. The van der Waals surface area contributed by atoms with Gasteiger partial charge >= 0.3 is 0 Å². The molecule has 0 spiro atoms. The molecule has 1 heterocycles. The molecule has 0 aliphatic heterocycles. The SMILES string of the molecule is CCCCC(CC)CC(N)c1cncn1C. The van der Waals surface area contributed by atoms with E-state index in [1.54, 1.807) is 0 Å². The van der Waals surface area contributed by atoms with Crippen molar-refractivity contribution in [1.29, 1.82) is 0 Å². The number of aromatic nitrogens is 2. The molecule has 0 saturated carbocycles. The Bertz CT molecular complexity index is 293. The van der Waals surface area contributed by atoms with Gasteiger partial charge in [0.05, 0.1) is 12.0 Å². The molecule has 0 aromatic carbocycles. The van der Waals surface area contributed by atoms with Crippen molar-refractivity contribution in [3.63, 3.8) is 0 Å². The van der Waals surface area contributed by atoms with Gasteiger partial charge in [-0.15, -0.1) is 0 Å². The van der Waals surface area contributed by atoms with Gasteiger partial charge < -0.3 is 10.3 Å². The third-order valence-corrected chi connectivity index (χ3v) is 3.36. The number of nitrogens with two attached hydrogens (primary N) is 1. The van der Waals surface area contributed by atoms with E-state index in [0.717, 1.165) is 18.0 Å². The van der Waals surface area contributed by atoms with Crippen molar-refractivity contribution in [2.45, 2.75) is 52.0 Å². The highest BCUT2D eigenvalue weighted by atomic mass is 15.0. The van der Waals surface area contributed by atoms with Gasteiger partial charge in [0.15, 0.2) is 0 Å². The summed E-state index contributed by atoms with van der Waals surface area (Å²) in [4.78, 5) is 4.12. The molecule has 2 atom stereocenters. The van der Waals surface area contributed by atoms with Crippen LogP contribution in [-0.4, -0.2) is 9.55 Å². The van der Waals surface area contributed by atoms with E-state index < -0.39 is 0 Å². The highest BCUT2D eigenvalue weighted by Crippen LogP contribution is 2.24. The molecule has 2 N–H and O–H groups in total. The molecule has 1 aromatic rings. The van der Waals surface area contributed by atoms with Crippen LogP contribution in [0.2, 0.25) is 0 Å². The van der Waals surface area contributed by atoms with Crippen molar-refractivity contribution in [2.24, 2.45) is 18.7 Å². The van der Waals surface area contributed by atoms with Crippen molar-refractivity contribution >= 4 is 0 Å². The van der Waals surface area contributed by atoms with Gasteiger partial charge in [0, 0.05) is 19.3 Å². The van der Waals surface area contributed by atoms with Crippen LogP contribution in [0.25, 0.3) is 0 Å². The molecule has 92 valence electrons. The second kappa shape index (κ2) is 6.69. The first-order valence-electron chi connectivity index (χ1n) is 6.40. The lowest BCUT2D eigenvalue weighted by molar-refractivity contribution is 0.382. The maximum atomic E-state index is 6.23. The van der Waals surface area contributed by atoms with Crippen LogP contribution < -0.4 is 5.73 Å². The lowest BCUT2D eigenvalue weighted by Gasteiger charge is -2.19. The van der Waals surface area contributed by atoms with Gasteiger partial charge in [0.2, 0.25) is 0 Å². The molecule has 1 aromatic heterocycles. The van der Waals surface area contributed by atoms with Gasteiger partial charge in [-0.1, -0.05) is 39.5 Å². The second-order valence-corrected chi connectivity index (χ2v) is 4.69. The first-order chi connectivity index (χ1) is 7.69. The summed E-state index contributed by atoms with van der Waals surface area (Å²) >= 11 is 0. The average Bonchev–Trinajstić information content (AvgIpc) is 2.70. The van der Waals surface area contributed by atoms with E-state index in [1.807, 2.05) is 24.1 Å². The van der Waals surface area contributed by atoms with Crippen molar-refractivity contribution in [2.75, 3.05) is 0 Å². The van der Waals surface area contributed by atoms with Crippen LogP contribution in [0.15, 0.2) is 12.5 Å².